The summed E-state index contributed by atoms with van der Waals surface area (Å²) in [5.74, 6) is -2.63. The molecule has 7 heteroatoms. The van der Waals surface area contributed by atoms with E-state index in [9.17, 15) is 9.59 Å². The van der Waals surface area contributed by atoms with Crippen molar-refractivity contribution in [2.75, 3.05) is 0 Å². The van der Waals surface area contributed by atoms with Crippen LogP contribution < -0.4 is 0 Å². The third-order valence-electron chi connectivity index (χ3n) is 2.13. The molecule has 0 fully saturated rings. The van der Waals surface area contributed by atoms with E-state index in [1.54, 1.807) is 24.3 Å². The largest absolute Gasteiger partial charge is 0.477 e. The number of halogens is 1. The highest BCUT2D eigenvalue weighted by Crippen LogP contribution is 2.33. The zero-order valence-corrected chi connectivity index (χ0v) is 11.2. The maximum atomic E-state index is 11.0. The van der Waals surface area contributed by atoms with Gasteiger partial charge in [-0.15, -0.1) is 11.3 Å². The van der Waals surface area contributed by atoms with Gasteiger partial charge in [0.05, 0.1) is 0 Å². The Labute approximate surface area is 114 Å². The third kappa shape index (κ3) is 2.27. The van der Waals surface area contributed by atoms with Gasteiger partial charge in [0.25, 0.3) is 0 Å². The molecule has 1 aromatic heterocycles. The number of carboxylic acids is 2. The van der Waals surface area contributed by atoms with Crippen molar-refractivity contribution in [3.05, 3.63) is 39.3 Å². The fourth-order valence-electron chi connectivity index (χ4n) is 1.36. The van der Waals surface area contributed by atoms with Gasteiger partial charge in [0.15, 0.2) is 5.69 Å². The van der Waals surface area contributed by atoms with Gasteiger partial charge < -0.3 is 10.2 Å². The zero-order valence-electron chi connectivity index (χ0n) is 8.75. The normalized spacial score (nSPS) is 10.3. The molecule has 1 heterocycles. The predicted octanol–water partition coefficient (Wildman–Crippen LogP) is 2.97. The van der Waals surface area contributed by atoms with Gasteiger partial charge in [-0.05, 0) is 6.07 Å². The van der Waals surface area contributed by atoms with Gasteiger partial charge in [-0.25, -0.2) is 14.6 Å². The molecule has 0 aliphatic rings. The summed E-state index contributed by atoms with van der Waals surface area (Å²) in [6.45, 7) is 0. The van der Waals surface area contributed by atoms with Gasteiger partial charge in [0.1, 0.15) is 9.88 Å². The Hall–Kier alpha value is -1.73. The summed E-state index contributed by atoms with van der Waals surface area (Å²) in [4.78, 5) is 25.5. The molecule has 5 nitrogen and oxygen atoms in total. The van der Waals surface area contributed by atoms with Crippen molar-refractivity contribution in [3.8, 4) is 10.6 Å². The number of nitrogens with zero attached hydrogens (tertiary/aromatic N) is 1. The Morgan fingerprint density at radius 3 is 2.33 bits per heavy atom. The van der Waals surface area contributed by atoms with Crippen molar-refractivity contribution in [1.82, 2.24) is 4.98 Å². The zero-order chi connectivity index (χ0) is 13.3. The molecule has 18 heavy (non-hydrogen) atoms. The average Bonchev–Trinajstić information content (AvgIpc) is 2.74. The molecule has 0 spiro atoms. The minimum atomic E-state index is -1.35. The van der Waals surface area contributed by atoms with Crippen LogP contribution in [0.3, 0.4) is 0 Å². The number of hydrogen-bond donors (Lipinski definition) is 2. The molecule has 92 valence electrons. The first-order chi connectivity index (χ1) is 8.50. The van der Waals surface area contributed by atoms with E-state index in [1.165, 1.54) is 0 Å². The van der Waals surface area contributed by atoms with Crippen LogP contribution >= 0.6 is 27.3 Å². The summed E-state index contributed by atoms with van der Waals surface area (Å²) >= 11 is 4.15. The van der Waals surface area contributed by atoms with E-state index >= 15 is 0 Å². The first kappa shape index (κ1) is 12.7. The lowest BCUT2D eigenvalue weighted by Crippen LogP contribution is -2.05. The molecule has 1 aromatic carbocycles. The van der Waals surface area contributed by atoms with Crippen molar-refractivity contribution in [1.29, 1.82) is 0 Å². The van der Waals surface area contributed by atoms with Crippen LogP contribution in [0.15, 0.2) is 28.7 Å². The molecule has 0 aliphatic heterocycles. The second-order valence-electron chi connectivity index (χ2n) is 3.29. The van der Waals surface area contributed by atoms with Crippen LogP contribution in [0.5, 0.6) is 0 Å². The van der Waals surface area contributed by atoms with E-state index in [4.69, 9.17) is 10.2 Å². The minimum Gasteiger partial charge on any atom is -0.477 e. The smallest absolute Gasteiger partial charge is 0.356 e. The van der Waals surface area contributed by atoms with E-state index in [1.807, 2.05) is 0 Å². The van der Waals surface area contributed by atoms with Crippen molar-refractivity contribution >= 4 is 39.2 Å². The van der Waals surface area contributed by atoms with Gasteiger partial charge in [-0.3, -0.25) is 0 Å². The van der Waals surface area contributed by atoms with E-state index in [0.717, 1.165) is 15.8 Å². The number of hydrogen-bond acceptors (Lipinski definition) is 4. The summed E-state index contributed by atoms with van der Waals surface area (Å²) in [7, 11) is 0. The average molecular weight is 328 g/mol. The number of benzene rings is 1. The Kier molecular flexibility index (Phi) is 3.44. The van der Waals surface area contributed by atoms with Crippen LogP contribution in [0.1, 0.15) is 20.2 Å². The Bertz CT molecular complexity index is 606. The van der Waals surface area contributed by atoms with Crippen LogP contribution in [-0.4, -0.2) is 27.1 Å². The number of aromatic carboxylic acids is 2. The lowest BCUT2D eigenvalue weighted by Gasteiger charge is -1.98. The molecule has 0 saturated heterocycles. The molecule has 0 unspecified atom stereocenters. The van der Waals surface area contributed by atoms with Crippen molar-refractivity contribution in [2.24, 2.45) is 0 Å². The highest BCUT2D eigenvalue weighted by atomic mass is 79.9. The number of carboxylic acid groups (broad SMARTS) is 2. The number of rotatable bonds is 3. The Morgan fingerprint density at radius 2 is 1.83 bits per heavy atom. The molecule has 2 rings (SSSR count). The molecular formula is C11H6BrNO4S. The van der Waals surface area contributed by atoms with E-state index < -0.39 is 17.6 Å². The summed E-state index contributed by atoms with van der Waals surface area (Å²) in [6.07, 6.45) is 0. The van der Waals surface area contributed by atoms with Gasteiger partial charge >= 0.3 is 11.9 Å². The van der Waals surface area contributed by atoms with Gasteiger partial charge in [0, 0.05) is 10.0 Å². The number of thiazole rings is 1. The lowest BCUT2D eigenvalue weighted by atomic mass is 10.2. The Morgan fingerprint density at radius 1 is 1.17 bits per heavy atom. The molecule has 0 saturated carbocycles. The van der Waals surface area contributed by atoms with E-state index in [0.29, 0.717) is 10.6 Å². The van der Waals surface area contributed by atoms with Crippen molar-refractivity contribution < 1.29 is 19.8 Å². The fourth-order valence-corrected chi connectivity index (χ4v) is 2.90. The molecule has 0 atom stereocenters. The number of aromatic nitrogens is 1. The molecule has 0 radical (unpaired) electrons. The van der Waals surface area contributed by atoms with Gasteiger partial charge in [0.2, 0.25) is 0 Å². The van der Waals surface area contributed by atoms with Crippen molar-refractivity contribution in [3.63, 3.8) is 0 Å². The summed E-state index contributed by atoms with van der Waals surface area (Å²) in [5, 5.41) is 18.2. The first-order valence-corrected chi connectivity index (χ1v) is 6.34. The molecule has 2 aromatic rings. The molecule has 2 N–H and O–H groups in total. The van der Waals surface area contributed by atoms with Crippen LogP contribution in [0.2, 0.25) is 0 Å². The van der Waals surface area contributed by atoms with Gasteiger partial charge in [-0.2, -0.15) is 0 Å². The monoisotopic (exact) mass is 327 g/mol. The second kappa shape index (κ2) is 4.87. The summed E-state index contributed by atoms with van der Waals surface area (Å²) in [5.41, 5.74) is 0.232. The van der Waals surface area contributed by atoms with Gasteiger partial charge in [-0.1, -0.05) is 34.1 Å². The molecule has 0 aliphatic carbocycles. The van der Waals surface area contributed by atoms with Crippen LogP contribution in [0, 0.1) is 0 Å². The lowest BCUT2D eigenvalue weighted by molar-refractivity contribution is 0.0651. The van der Waals surface area contributed by atoms with Crippen LogP contribution in [-0.2, 0) is 0 Å². The van der Waals surface area contributed by atoms with Crippen molar-refractivity contribution in [2.45, 2.75) is 0 Å². The first-order valence-electron chi connectivity index (χ1n) is 4.73. The van der Waals surface area contributed by atoms with E-state index in [-0.39, 0.29) is 4.88 Å². The SMILES string of the molecule is O=C(O)c1nc(-c2ccccc2Br)sc1C(=O)O. The standard InChI is InChI=1S/C11H6BrNO4S/c12-6-4-2-1-3-5(6)9-13-7(10(14)15)8(18-9)11(16)17/h1-4H,(H,14,15)(H,16,17). The highest BCUT2D eigenvalue weighted by molar-refractivity contribution is 9.10. The number of carbonyl (C=O) groups is 2. The van der Waals surface area contributed by atoms with Crippen LogP contribution in [0.4, 0.5) is 0 Å². The minimum absolute atomic E-state index is 0.270. The maximum Gasteiger partial charge on any atom is 0.356 e. The quantitative estimate of drug-likeness (QED) is 0.904. The Balaban J connectivity index is 2.61. The third-order valence-corrected chi connectivity index (χ3v) is 3.90. The predicted molar refractivity (Wildman–Crippen MR) is 69.2 cm³/mol. The van der Waals surface area contributed by atoms with Crippen LogP contribution in [0.25, 0.3) is 10.6 Å². The topological polar surface area (TPSA) is 87.5 Å². The maximum absolute atomic E-state index is 11.0. The highest BCUT2D eigenvalue weighted by Gasteiger charge is 2.23. The fraction of sp³-hybridized carbons (Fsp3) is 0. The molecule has 0 bridgehead atoms. The molecule has 0 amide bonds. The summed E-state index contributed by atoms with van der Waals surface area (Å²) in [6, 6.07) is 7.08. The van der Waals surface area contributed by atoms with E-state index in [2.05, 4.69) is 20.9 Å². The molecular weight excluding hydrogens is 322 g/mol. The second-order valence-corrected chi connectivity index (χ2v) is 5.14. The summed E-state index contributed by atoms with van der Waals surface area (Å²) < 4.78 is 0.729.